The van der Waals surface area contributed by atoms with Gasteiger partial charge in [-0.1, -0.05) is 0 Å². The van der Waals surface area contributed by atoms with Gasteiger partial charge >= 0.3 is 11.9 Å². The number of carboxylic acids is 1. The summed E-state index contributed by atoms with van der Waals surface area (Å²) in [6, 6.07) is 1.84. The van der Waals surface area contributed by atoms with E-state index in [1.807, 2.05) is 96.4 Å². The minimum absolute atomic E-state index is 0.139. The lowest BCUT2D eigenvalue weighted by Gasteiger charge is -2.34. The molecule has 0 aliphatic heterocycles. The molecule has 10 heteroatoms. The Labute approximate surface area is 179 Å². The summed E-state index contributed by atoms with van der Waals surface area (Å²) in [6.45, 7) is 1.67. The molecule has 122 valence electrons. The molecule has 22 heavy (non-hydrogen) atoms. The van der Waals surface area contributed by atoms with Crippen molar-refractivity contribution in [2.75, 3.05) is 0 Å². The molecule has 0 aliphatic carbocycles. The van der Waals surface area contributed by atoms with Gasteiger partial charge in [0.1, 0.15) is 5.97 Å². The standard InChI is InChI=1S/C12H8F2I4O4/c1-11(2,12(13,14)10(20)21)22-9(19)6-7(17)4(15)3-5(16)8(6)18/h3H,1-2H3,(H,20,21)/p-1. The third kappa shape index (κ3) is 4.12. The molecule has 0 N–H and O–H groups in total. The number of carboxylic acid groups (broad SMARTS) is 1. The summed E-state index contributed by atoms with van der Waals surface area (Å²) in [5.74, 6) is -7.91. The molecule has 0 saturated heterocycles. The van der Waals surface area contributed by atoms with Gasteiger partial charge in [0.25, 0.3) is 0 Å². The average molecular weight is 761 g/mol. The highest BCUT2D eigenvalue weighted by Gasteiger charge is 2.51. The fourth-order valence-corrected chi connectivity index (χ4v) is 4.91. The van der Waals surface area contributed by atoms with Crippen molar-refractivity contribution in [3.05, 3.63) is 25.9 Å². The zero-order valence-corrected chi connectivity index (χ0v) is 19.6. The third-order valence-electron chi connectivity index (χ3n) is 2.68. The van der Waals surface area contributed by atoms with Crippen molar-refractivity contribution >= 4 is 102 Å². The molecule has 1 rings (SSSR count). The molecule has 0 fully saturated rings. The molecule has 0 amide bonds. The summed E-state index contributed by atoms with van der Waals surface area (Å²) in [5, 5.41) is 10.6. The summed E-state index contributed by atoms with van der Waals surface area (Å²) in [7, 11) is 0. The number of carbonyl (C=O) groups is 2. The molecule has 1 aromatic rings. The Morgan fingerprint density at radius 3 is 1.86 bits per heavy atom. The number of hydrogen-bond donors (Lipinski definition) is 0. The van der Waals surface area contributed by atoms with E-state index in [-0.39, 0.29) is 5.56 Å². The largest absolute Gasteiger partial charge is 0.544 e. The summed E-state index contributed by atoms with van der Waals surface area (Å²) < 4.78 is 34.7. The number of rotatable bonds is 4. The normalized spacial score (nSPS) is 12.2. The van der Waals surface area contributed by atoms with Gasteiger partial charge in [0.15, 0.2) is 5.60 Å². The molecule has 0 spiro atoms. The number of hydrogen-bond acceptors (Lipinski definition) is 4. The second kappa shape index (κ2) is 7.45. The third-order valence-corrected chi connectivity index (χ3v) is 8.68. The van der Waals surface area contributed by atoms with Gasteiger partial charge in [0, 0.05) is 14.3 Å². The molecule has 0 atom stereocenters. The molecular weight excluding hydrogens is 754 g/mol. The number of aliphatic carboxylic acids is 1. The van der Waals surface area contributed by atoms with Crippen LogP contribution in [0.4, 0.5) is 8.78 Å². The van der Waals surface area contributed by atoms with Crippen LogP contribution in [0.2, 0.25) is 0 Å². The smallest absolute Gasteiger partial charge is 0.341 e. The van der Waals surface area contributed by atoms with Crippen LogP contribution in [0.1, 0.15) is 24.2 Å². The minimum atomic E-state index is -4.31. The molecule has 0 saturated carbocycles. The predicted octanol–water partition coefficient (Wildman–Crippen LogP) is 3.43. The van der Waals surface area contributed by atoms with Crippen LogP contribution >= 0.6 is 90.4 Å². The maximum absolute atomic E-state index is 13.6. The Morgan fingerprint density at radius 1 is 1.09 bits per heavy atom. The van der Waals surface area contributed by atoms with Crippen molar-refractivity contribution in [1.82, 2.24) is 0 Å². The van der Waals surface area contributed by atoms with Crippen LogP contribution in [-0.2, 0) is 9.53 Å². The molecule has 0 aliphatic rings. The molecular formula is C12H7F2I4O4-. The minimum Gasteiger partial charge on any atom is -0.544 e. The van der Waals surface area contributed by atoms with E-state index in [1.165, 1.54) is 0 Å². The first-order valence-electron chi connectivity index (χ1n) is 5.48. The quantitative estimate of drug-likeness (QED) is 0.269. The summed E-state index contributed by atoms with van der Waals surface area (Å²) >= 11 is 7.86. The van der Waals surface area contributed by atoms with Crippen LogP contribution < -0.4 is 5.11 Å². The molecule has 1 aromatic carbocycles. The molecule has 0 unspecified atom stereocenters. The van der Waals surface area contributed by atoms with Crippen LogP contribution in [0.15, 0.2) is 6.07 Å². The zero-order valence-electron chi connectivity index (χ0n) is 11.0. The topological polar surface area (TPSA) is 66.4 Å². The van der Waals surface area contributed by atoms with Crippen molar-refractivity contribution < 1.29 is 28.2 Å². The van der Waals surface area contributed by atoms with Crippen molar-refractivity contribution in [3.8, 4) is 0 Å². The number of alkyl halides is 2. The van der Waals surface area contributed by atoms with E-state index in [4.69, 9.17) is 4.74 Å². The van der Waals surface area contributed by atoms with Crippen molar-refractivity contribution in [1.29, 1.82) is 0 Å². The Bertz CT molecular complexity index is 620. The van der Waals surface area contributed by atoms with Crippen LogP contribution in [0.25, 0.3) is 0 Å². The first-order valence-corrected chi connectivity index (χ1v) is 9.80. The van der Waals surface area contributed by atoms with Gasteiger partial charge in [-0.25, -0.2) is 4.79 Å². The first-order chi connectivity index (χ1) is 9.83. The number of ether oxygens (including phenoxy) is 1. The summed E-state index contributed by atoms with van der Waals surface area (Å²) in [6.07, 6.45) is 0. The van der Waals surface area contributed by atoms with E-state index in [1.54, 1.807) is 0 Å². The molecule has 4 nitrogen and oxygen atoms in total. The lowest BCUT2D eigenvalue weighted by molar-refractivity contribution is -0.341. The second-order valence-electron chi connectivity index (χ2n) is 4.60. The van der Waals surface area contributed by atoms with Crippen LogP contribution in [0, 0.1) is 14.3 Å². The summed E-state index contributed by atoms with van der Waals surface area (Å²) in [5.41, 5.74) is -2.40. The summed E-state index contributed by atoms with van der Waals surface area (Å²) in [4.78, 5) is 22.9. The van der Waals surface area contributed by atoms with E-state index < -0.39 is 23.5 Å². The first kappa shape index (κ1) is 21.0. The Balaban J connectivity index is 3.28. The van der Waals surface area contributed by atoms with Gasteiger partial charge < -0.3 is 14.6 Å². The monoisotopic (exact) mass is 761 g/mol. The number of benzene rings is 1. The van der Waals surface area contributed by atoms with Gasteiger partial charge in [-0.3, -0.25) is 0 Å². The van der Waals surface area contributed by atoms with Gasteiger partial charge in [-0.15, -0.1) is 0 Å². The average Bonchev–Trinajstić information content (AvgIpc) is 2.35. The lowest BCUT2D eigenvalue weighted by atomic mass is 10.0. The van der Waals surface area contributed by atoms with Crippen LogP contribution in [0.3, 0.4) is 0 Å². The van der Waals surface area contributed by atoms with E-state index >= 15 is 0 Å². The number of esters is 1. The fourth-order valence-electron chi connectivity index (χ4n) is 1.35. The van der Waals surface area contributed by atoms with Gasteiger partial charge in [0.05, 0.1) is 5.56 Å². The van der Waals surface area contributed by atoms with Crippen LogP contribution in [-0.4, -0.2) is 23.5 Å². The van der Waals surface area contributed by atoms with E-state index in [2.05, 4.69) is 0 Å². The second-order valence-corrected chi connectivity index (χ2v) is 9.09. The highest BCUT2D eigenvalue weighted by atomic mass is 127. The maximum atomic E-state index is 13.6. The Kier molecular flexibility index (Phi) is 7.10. The van der Waals surface area contributed by atoms with Crippen molar-refractivity contribution in [2.24, 2.45) is 0 Å². The Morgan fingerprint density at radius 2 is 1.50 bits per heavy atom. The fraction of sp³-hybridized carbons (Fsp3) is 0.333. The molecule has 0 bridgehead atoms. The van der Waals surface area contributed by atoms with E-state index in [9.17, 15) is 23.5 Å². The van der Waals surface area contributed by atoms with E-state index in [0.717, 1.165) is 21.0 Å². The van der Waals surface area contributed by atoms with E-state index in [0.29, 0.717) is 7.14 Å². The zero-order chi connectivity index (χ0) is 17.5. The molecule has 0 heterocycles. The van der Waals surface area contributed by atoms with Crippen LogP contribution in [0.5, 0.6) is 0 Å². The molecule has 0 aromatic heterocycles. The number of carbonyl (C=O) groups excluding carboxylic acids is 2. The maximum Gasteiger partial charge on any atom is 0.341 e. The van der Waals surface area contributed by atoms with Gasteiger partial charge in [-0.05, 0) is 110 Å². The Hall–Kier alpha value is 0.940. The SMILES string of the molecule is CC(C)(OC(=O)c1c(I)c(I)cc(I)c1I)C(F)(F)C(=O)[O-]. The lowest BCUT2D eigenvalue weighted by Crippen LogP contribution is -2.57. The van der Waals surface area contributed by atoms with Crippen molar-refractivity contribution in [2.45, 2.75) is 25.4 Å². The number of halogens is 6. The van der Waals surface area contributed by atoms with Gasteiger partial charge in [0.2, 0.25) is 0 Å². The van der Waals surface area contributed by atoms with Crippen molar-refractivity contribution in [3.63, 3.8) is 0 Å². The molecule has 0 radical (unpaired) electrons. The van der Waals surface area contributed by atoms with Gasteiger partial charge in [-0.2, -0.15) is 8.78 Å². The highest BCUT2D eigenvalue weighted by molar-refractivity contribution is 14.1. The predicted molar refractivity (Wildman–Crippen MR) is 107 cm³/mol. The highest BCUT2D eigenvalue weighted by Crippen LogP contribution is 2.34.